The van der Waals surface area contributed by atoms with E-state index < -0.39 is 0 Å². The molecule has 0 aliphatic carbocycles. The molecule has 3 amide bonds. The van der Waals surface area contributed by atoms with Crippen molar-refractivity contribution in [2.24, 2.45) is 5.92 Å². The molecule has 0 unspecified atom stereocenters. The first kappa shape index (κ1) is 20.5. The summed E-state index contributed by atoms with van der Waals surface area (Å²) in [6, 6.07) is 10.2. The predicted molar refractivity (Wildman–Crippen MR) is 115 cm³/mol. The van der Waals surface area contributed by atoms with Crippen molar-refractivity contribution in [3.8, 4) is 6.07 Å². The van der Waals surface area contributed by atoms with Gasteiger partial charge in [0.25, 0.3) is 0 Å². The minimum Gasteiger partial charge on any atom is -0.371 e. The van der Waals surface area contributed by atoms with Crippen molar-refractivity contribution in [2.45, 2.75) is 44.6 Å². The van der Waals surface area contributed by atoms with E-state index in [-0.39, 0.29) is 23.9 Å². The molecule has 7 heteroatoms. The first-order valence-electron chi connectivity index (χ1n) is 11.2. The van der Waals surface area contributed by atoms with Crippen molar-refractivity contribution in [2.75, 3.05) is 44.2 Å². The van der Waals surface area contributed by atoms with Crippen LogP contribution in [0.4, 0.5) is 10.5 Å². The summed E-state index contributed by atoms with van der Waals surface area (Å²) in [4.78, 5) is 31.4. The number of likely N-dealkylation sites (tertiary alicyclic amines) is 2. The minimum absolute atomic E-state index is 0.0178. The fourth-order valence-corrected chi connectivity index (χ4v) is 4.79. The summed E-state index contributed by atoms with van der Waals surface area (Å²) >= 11 is 0. The van der Waals surface area contributed by atoms with E-state index in [0.717, 1.165) is 70.4 Å². The number of hydrogen-bond acceptors (Lipinski definition) is 4. The molecule has 0 spiro atoms. The highest BCUT2D eigenvalue weighted by Crippen LogP contribution is 2.23. The van der Waals surface area contributed by atoms with Gasteiger partial charge in [0.2, 0.25) is 5.91 Å². The number of piperidine rings is 2. The molecule has 4 rings (SSSR count). The van der Waals surface area contributed by atoms with Gasteiger partial charge in [0, 0.05) is 56.9 Å². The number of rotatable bonds is 3. The number of benzene rings is 1. The van der Waals surface area contributed by atoms with Crippen LogP contribution < -0.4 is 10.2 Å². The lowest BCUT2D eigenvalue weighted by molar-refractivity contribution is -0.127. The van der Waals surface area contributed by atoms with Gasteiger partial charge in [0.05, 0.1) is 11.6 Å². The number of nitriles is 1. The van der Waals surface area contributed by atoms with Crippen LogP contribution >= 0.6 is 0 Å². The number of carbonyl (C=O) groups excluding carboxylic acids is 2. The molecule has 3 fully saturated rings. The van der Waals surface area contributed by atoms with Crippen molar-refractivity contribution in [1.82, 2.24) is 15.1 Å². The van der Waals surface area contributed by atoms with Gasteiger partial charge in [-0.1, -0.05) is 0 Å². The van der Waals surface area contributed by atoms with Crippen LogP contribution in [0.1, 0.15) is 44.1 Å². The number of anilines is 1. The smallest absolute Gasteiger partial charge is 0.319 e. The predicted octanol–water partition coefficient (Wildman–Crippen LogP) is 2.57. The fourth-order valence-electron chi connectivity index (χ4n) is 4.79. The van der Waals surface area contributed by atoms with Crippen molar-refractivity contribution in [1.29, 1.82) is 5.26 Å². The van der Waals surface area contributed by atoms with Gasteiger partial charge in [-0.25, -0.2) is 4.79 Å². The van der Waals surface area contributed by atoms with E-state index in [1.54, 1.807) is 0 Å². The molecule has 3 heterocycles. The minimum atomic E-state index is 0.0178. The molecule has 0 bridgehead atoms. The van der Waals surface area contributed by atoms with Crippen LogP contribution in [-0.2, 0) is 4.79 Å². The molecule has 1 aromatic carbocycles. The normalized spacial score (nSPS) is 20.8. The Morgan fingerprint density at radius 3 is 2.07 bits per heavy atom. The summed E-state index contributed by atoms with van der Waals surface area (Å²) in [6.07, 6.45) is 5.59. The topological polar surface area (TPSA) is 79.7 Å². The average molecular weight is 410 g/mol. The molecule has 0 aromatic heterocycles. The third-order valence-corrected chi connectivity index (χ3v) is 6.72. The van der Waals surface area contributed by atoms with Gasteiger partial charge in [0.1, 0.15) is 0 Å². The highest BCUT2D eigenvalue weighted by molar-refractivity contribution is 5.80. The van der Waals surface area contributed by atoms with Crippen LogP contribution in [0.15, 0.2) is 24.3 Å². The van der Waals surface area contributed by atoms with Gasteiger partial charge < -0.3 is 20.0 Å². The first-order valence-corrected chi connectivity index (χ1v) is 11.2. The summed E-state index contributed by atoms with van der Waals surface area (Å²) in [5.41, 5.74) is 1.81. The summed E-state index contributed by atoms with van der Waals surface area (Å²) in [6.45, 7) is 4.93. The third kappa shape index (κ3) is 4.69. The number of nitrogens with zero attached hydrogens (tertiary/aromatic N) is 4. The zero-order chi connectivity index (χ0) is 20.9. The maximum atomic E-state index is 12.8. The first-order chi connectivity index (χ1) is 14.6. The second kappa shape index (κ2) is 9.38. The maximum absolute atomic E-state index is 12.8. The molecule has 3 saturated heterocycles. The Balaban J connectivity index is 1.20. The Morgan fingerprint density at radius 2 is 1.47 bits per heavy atom. The highest BCUT2D eigenvalue weighted by atomic mass is 16.2. The van der Waals surface area contributed by atoms with Gasteiger partial charge in [-0.3, -0.25) is 4.79 Å². The highest BCUT2D eigenvalue weighted by Gasteiger charge is 2.31. The molecule has 0 saturated carbocycles. The van der Waals surface area contributed by atoms with E-state index in [0.29, 0.717) is 18.7 Å². The SMILES string of the molecule is N#Cc1ccc(N2CCC(NC(=O)C3CCN(C(=O)N4CCCC4)CC3)CC2)cc1. The molecular weight excluding hydrogens is 378 g/mol. The number of amides is 3. The van der Waals surface area contributed by atoms with Crippen molar-refractivity contribution in [3.05, 3.63) is 29.8 Å². The van der Waals surface area contributed by atoms with Crippen LogP contribution in [0, 0.1) is 17.2 Å². The van der Waals surface area contributed by atoms with E-state index in [1.165, 1.54) is 0 Å². The zero-order valence-corrected chi connectivity index (χ0v) is 17.6. The maximum Gasteiger partial charge on any atom is 0.319 e. The molecule has 160 valence electrons. The molecule has 3 aliphatic heterocycles. The van der Waals surface area contributed by atoms with Crippen molar-refractivity contribution < 1.29 is 9.59 Å². The molecule has 3 aliphatic rings. The quantitative estimate of drug-likeness (QED) is 0.832. The molecular formula is C23H31N5O2. The second-order valence-corrected chi connectivity index (χ2v) is 8.67. The van der Waals surface area contributed by atoms with Crippen LogP contribution in [0.3, 0.4) is 0 Å². The lowest BCUT2D eigenvalue weighted by Gasteiger charge is -2.36. The van der Waals surface area contributed by atoms with Crippen LogP contribution in [0.5, 0.6) is 0 Å². The van der Waals surface area contributed by atoms with E-state index in [9.17, 15) is 9.59 Å². The van der Waals surface area contributed by atoms with Gasteiger partial charge >= 0.3 is 6.03 Å². The molecule has 0 atom stereocenters. The molecule has 7 nitrogen and oxygen atoms in total. The Bertz CT molecular complexity index is 781. The monoisotopic (exact) mass is 409 g/mol. The summed E-state index contributed by atoms with van der Waals surface area (Å²) in [5.74, 6) is 0.171. The number of urea groups is 1. The Kier molecular flexibility index (Phi) is 6.41. The number of hydrogen-bond donors (Lipinski definition) is 1. The Labute approximate surface area is 178 Å². The van der Waals surface area contributed by atoms with Gasteiger partial charge in [-0.05, 0) is 62.8 Å². The van der Waals surface area contributed by atoms with Crippen molar-refractivity contribution in [3.63, 3.8) is 0 Å². The second-order valence-electron chi connectivity index (χ2n) is 8.67. The van der Waals surface area contributed by atoms with Crippen LogP contribution in [0.25, 0.3) is 0 Å². The van der Waals surface area contributed by atoms with E-state index in [1.807, 2.05) is 34.1 Å². The van der Waals surface area contributed by atoms with Gasteiger partial charge in [-0.15, -0.1) is 0 Å². The molecule has 30 heavy (non-hydrogen) atoms. The Morgan fingerprint density at radius 1 is 0.867 bits per heavy atom. The average Bonchev–Trinajstić information content (AvgIpc) is 3.34. The lowest BCUT2D eigenvalue weighted by atomic mass is 9.94. The number of carbonyl (C=O) groups is 2. The third-order valence-electron chi connectivity index (χ3n) is 6.72. The van der Waals surface area contributed by atoms with Crippen LogP contribution in [-0.4, -0.2) is 67.0 Å². The van der Waals surface area contributed by atoms with Gasteiger partial charge in [0.15, 0.2) is 0 Å². The summed E-state index contributed by atoms with van der Waals surface area (Å²) in [7, 11) is 0. The Hall–Kier alpha value is -2.75. The van der Waals surface area contributed by atoms with Gasteiger partial charge in [-0.2, -0.15) is 5.26 Å². The van der Waals surface area contributed by atoms with E-state index in [4.69, 9.17) is 5.26 Å². The molecule has 1 N–H and O–H groups in total. The van der Waals surface area contributed by atoms with Crippen LogP contribution in [0.2, 0.25) is 0 Å². The zero-order valence-electron chi connectivity index (χ0n) is 17.6. The van der Waals surface area contributed by atoms with E-state index in [2.05, 4.69) is 16.3 Å². The lowest BCUT2D eigenvalue weighted by Crippen LogP contribution is -2.50. The molecule has 1 aromatic rings. The summed E-state index contributed by atoms with van der Waals surface area (Å²) < 4.78 is 0. The largest absolute Gasteiger partial charge is 0.371 e. The van der Waals surface area contributed by atoms with Crippen molar-refractivity contribution >= 4 is 17.6 Å². The number of nitrogens with one attached hydrogen (secondary N) is 1. The fraction of sp³-hybridized carbons (Fsp3) is 0.609. The standard InChI is InChI=1S/C23H31N5O2/c24-17-18-3-5-21(6-4-18)26-15-9-20(10-16-26)25-22(29)19-7-13-28(14-8-19)23(30)27-11-1-2-12-27/h3-6,19-20H,1-2,7-16H2,(H,25,29). The summed E-state index contributed by atoms with van der Waals surface area (Å²) in [5, 5.41) is 12.2. The molecule has 0 radical (unpaired) electrons. The van der Waals surface area contributed by atoms with E-state index >= 15 is 0 Å².